The van der Waals surface area contributed by atoms with Crippen LogP contribution in [0.3, 0.4) is 0 Å². The number of amides is 2. The minimum atomic E-state index is -0.567. The van der Waals surface area contributed by atoms with Gasteiger partial charge in [0.1, 0.15) is 19.3 Å². The first-order chi connectivity index (χ1) is 15.9. The number of carbonyl (C=O) groups is 2. The standard InChI is InChI=1S/C26H33ClN2O4/c1-4-18(3)28-26(31)22(5-2)29(17-20-8-6-7-9-21(20)27)25(30)13-11-19-10-12-23-24(16-19)33-15-14-32-23/h6-10,12,16,18,22H,4-5,11,13-15,17H2,1-3H3,(H,28,31)/t18-,22+/m0/s1. The highest BCUT2D eigenvalue weighted by atomic mass is 35.5. The van der Waals surface area contributed by atoms with Crippen LogP contribution in [0.25, 0.3) is 0 Å². The van der Waals surface area contributed by atoms with E-state index in [1.165, 1.54) is 0 Å². The topological polar surface area (TPSA) is 67.9 Å². The summed E-state index contributed by atoms with van der Waals surface area (Å²) in [6.07, 6.45) is 2.16. The van der Waals surface area contributed by atoms with E-state index < -0.39 is 6.04 Å². The minimum Gasteiger partial charge on any atom is -0.486 e. The maximum absolute atomic E-state index is 13.4. The van der Waals surface area contributed by atoms with Crippen molar-refractivity contribution in [1.82, 2.24) is 10.2 Å². The summed E-state index contributed by atoms with van der Waals surface area (Å²) in [7, 11) is 0. The molecule has 0 radical (unpaired) electrons. The summed E-state index contributed by atoms with van der Waals surface area (Å²) in [5, 5.41) is 3.61. The highest BCUT2D eigenvalue weighted by Gasteiger charge is 2.29. The van der Waals surface area contributed by atoms with Crippen LogP contribution >= 0.6 is 11.6 Å². The van der Waals surface area contributed by atoms with Gasteiger partial charge in [0.05, 0.1) is 0 Å². The van der Waals surface area contributed by atoms with Gasteiger partial charge < -0.3 is 19.7 Å². The average Bonchev–Trinajstić information content (AvgIpc) is 2.83. The van der Waals surface area contributed by atoms with Gasteiger partial charge in [0.15, 0.2) is 11.5 Å². The lowest BCUT2D eigenvalue weighted by Crippen LogP contribution is -2.50. The third kappa shape index (κ3) is 6.64. The van der Waals surface area contributed by atoms with Crippen LogP contribution in [0.5, 0.6) is 11.5 Å². The number of nitrogens with zero attached hydrogens (tertiary/aromatic N) is 1. The predicted octanol–water partition coefficient (Wildman–Crippen LogP) is 4.77. The number of halogens is 1. The van der Waals surface area contributed by atoms with E-state index in [9.17, 15) is 9.59 Å². The van der Waals surface area contributed by atoms with Gasteiger partial charge in [-0.05, 0) is 55.5 Å². The number of aryl methyl sites for hydroxylation is 1. The van der Waals surface area contributed by atoms with E-state index in [1.807, 2.05) is 57.2 Å². The largest absolute Gasteiger partial charge is 0.486 e. The molecule has 1 aliphatic heterocycles. The molecule has 1 N–H and O–H groups in total. The monoisotopic (exact) mass is 472 g/mol. The molecular weight excluding hydrogens is 440 g/mol. The molecule has 2 amide bonds. The van der Waals surface area contributed by atoms with E-state index in [4.69, 9.17) is 21.1 Å². The van der Waals surface area contributed by atoms with Crippen LogP contribution in [0.4, 0.5) is 0 Å². The Kier molecular flexibility index (Phi) is 9.01. The zero-order valence-corrected chi connectivity index (χ0v) is 20.4. The van der Waals surface area contributed by atoms with E-state index in [0.717, 1.165) is 23.3 Å². The SMILES string of the molecule is CC[C@H](C(=O)N[C@@H](C)CC)N(Cc1ccccc1Cl)C(=O)CCc1ccc2c(c1)OCCO2. The Morgan fingerprint density at radius 1 is 1.06 bits per heavy atom. The number of carbonyl (C=O) groups excluding carboxylic acids is 2. The second-order valence-corrected chi connectivity index (χ2v) is 8.74. The molecule has 3 rings (SSSR count). The average molecular weight is 473 g/mol. The molecule has 2 aromatic carbocycles. The van der Waals surface area contributed by atoms with E-state index in [2.05, 4.69) is 5.32 Å². The van der Waals surface area contributed by atoms with Crippen molar-refractivity contribution in [2.24, 2.45) is 0 Å². The number of hydrogen-bond acceptors (Lipinski definition) is 4. The lowest BCUT2D eigenvalue weighted by atomic mass is 10.0. The van der Waals surface area contributed by atoms with Crippen molar-refractivity contribution in [3.05, 3.63) is 58.6 Å². The molecule has 6 nitrogen and oxygen atoms in total. The number of hydrogen-bond donors (Lipinski definition) is 1. The number of ether oxygens (including phenoxy) is 2. The number of nitrogens with one attached hydrogen (secondary N) is 1. The van der Waals surface area contributed by atoms with Crippen LogP contribution in [0.2, 0.25) is 5.02 Å². The van der Waals surface area contributed by atoms with Crippen molar-refractivity contribution in [3.8, 4) is 11.5 Å². The first-order valence-corrected chi connectivity index (χ1v) is 12.0. The van der Waals surface area contributed by atoms with Gasteiger partial charge >= 0.3 is 0 Å². The van der Waals surface area contributed by atoms with Crippen LogP contribution in [-0.2, 0) is 22.6 Å². The van der Waals surface area contributed by atoms with Gasteiger partial charge in [-0.3, -0.25) is 9.59 Å². The molecule has 0 unspecified atom stereocenters. The number of fused-ring (bicyclic) bond motifs is 1. The van der Waals surface area contributed by atoms with E-state index in [0.29, 0.717) is 36.8 Å². The zero-order chi connectivity index (χ0) is 23.8. The molecule has 178 valence electrons. The van der Waals surface area contributed by atoms with Crippen molar-refractivity contribution >= 4 is 23.4 Å². The van der Waals surface area contributed by atoms with Crippen LogP contribution in [0.1, 0.15) is 51.2 Å². The van der Waals surface area contributed by atoms with Crippen molar-refractivity contribution in [3.63, 3.8) is 0 Å². The molecular formula is C26H33ClN2O4. The fourth-order valence-electron chi connectivity index (χ4n) is 3.81. The summed E-state index contributed by atoms with van der Waals surface area (Å²) >= 11 is 6.38. The maximum Gasteiger partial charge on any atom is 0.243 e. The van der Waals surface area contributed by atoms with Gasteiger partial charge in [-0.2, -0.15) is 0 Å². The normalized spacial score (nSPS) is 14.3. The quantitative estimate of drug-likeness (QED) is 0.541. The minimum absolute atomic E-state index is 0.0431. The number of benzene rings is 2. The van der Waals surface area contributed by atoms with Gasteiger partial charge in [-0.1, -0.05) is 49.7 Å². The maximum atomic E-state index is 13.4. The first kappa shape index (κ1) is 24.9. The fraction of sp³-hybridized carbons (Fsp3) is 0.462. The van der Waals surface area contributed by atoms with Gasteiger partial charge in [0, 0.05) is 24.0 Å². The van der Waals surface area contributed by atoms with Gasteiger partial charge in [0.25, 0.3) is 0 Å². The third-order valence-electron chi connectivity index (χ3n) is 5.92. The summed E-state index contributed by atoms with van der Waals surface area (Å²) in [5.41, 5.74) is 1.81. The molecule has 0 saturated carbocycles. The zero-order valence-electron chi connectivity index (χ0n) is 19.6. The molecule has 33 heavy (non-hydrogen) atoms. The molecule has 0 aromatic heterocycles. The predicted molar refractivity (Wildman–Crippen MR) is 130 cm³/mol. The lowest BCUT2D eigenvalue weighted by molar-refractivity contribution is -0.141. The highest BCUT2D eigenvalue weighted by Crippen LogP contribution is 2.31. The molecule has 0 saturated heterocycles. The Morgan fingerprint density at radius 3 is 2.48 bits per heavy atom. The smallest absolute Gasteiger partial charge is 0.243 e. The highest BCUT2D eigenvalue weighted by molar-refractivity contribution is 6.31. The Hall–Kier alpha value is -2.73. The Balaban J connectivity index is 1.77. The molecule has 2 aromatic rings. The van der Waals surface area contributed by atoms with Crippen molar-refractivity contribution in [2.75, 3.05) is 13.2 Å². The van der Waals surface area contributed by atoms with E-state index >= 15 is 0 Å². The summed E-state index contributed by atoms with van der Waals surface area (Å²) in [5.74, 6) is 1.21. The van der Waals surface area contributed by atoms with Crippen LogP contribution in [0, 0.1) is 0 Å². The summed E-state index contributed by atoms with van der Waals surface area (Å²) in [4.78, 5) is 28.1. The molecule has 0 bridgehead atoms. The second-order valence-electron chi connectivity index (χ2n) is 8.33. The lowest BCUT2D eigenvalue weighted by Gasteiger charge is -2.32. The third-order valence-corrected chi connectivity index (χ3v) is 6.29. The molecule has 1 heterocycles. The molecule has 0 aliphatic carbocycles. The molecule has 1 aliphatic rings. The summed E-state index contributed by atoms with van der Waals surface area (Å²) < 4.78 is 11.2. The van der Waals surface area contributed by atoms with Gasteiger partial charge in [0.2, 0.25) is 11.8 Å². The van der Waals surface area contributed by atoms with Crippen LogP contribution < -0.4 is 14.8 Å². The van der Waals surface area contributed by atoms with Crippen molar-refractivity contribution < 1.29 is 19.1 Å². The molecule has 7 heteroatoms. The van der Waals surface area contributed by atoms with E-state index in [1.54, 1.807) is 11.0 Å². The molecule has 2 atom stereocenters. The Labute approximate surface area is 201 Å². The molecule has 0 spiro atoms. The molecule has 0 fully saturated rings. The van der Waals surface area contributed by atoms with Crippen LogP contribution in [-0.4, -0.2) is 42.0 Å². The fourth-order valence-corrected chi connectivity index (χ4v) is 4.00. The first-order valence-electron chi connectivity index (χ1n) is 11.6. The van der Waals surface area contributed by atoms with Crippen molar-refractivity contribution in [1.29, 1.82) is 0 Å². The number of rotatable bonds is 10. The van der Waals surface area contributed by atoms with Crippen molar-refractivity contribution in [2.45, 2.75) is 65.1 Å². The Morgan fingerprint density at radius 2 is 1.79 bits per heavy atom. The van der Waals surface area contributed by atoms with E-state index in [-0.39, 0.29) is 30.8 Å². The Bertz CT molecular complexity index is 965. The van der Waals surface area contributed by atoms with Gasteiger partial charge in [-0.15, -0.1) is 0 Å². The van der Waals surface area contributed by atoms with Gasteiger partial charge in [-0.25, -0.2) is 0 Å². The summed E-state index contributed by atoms with van der Waals surface area (Å²) in [6, 6.07) is 12.7. The van der Waals surface area contributed by atoms with Crippen LogP contribution in [0.15, 0.2) is 42.5 Å². The summed E-state index contributed by atoms with van der Waals surface area (Å²) in [6.45, 7) is 7.25. The second kappa shape index (κ2) is 11.9.